The number of rotatable bonds is 5. The third-order valence-electron chi connectivity index (χ3n) is 4.13. The van der Waals surface area contributed by atoms with Gasteiger partial charge in [-0.05, 0) is 29.5 Å². The third-order valence-corrected chi connectivity index (χ3v) is 4.13. The van der Waals surface area contributed by atoms with Gasteiger partial charge in [0.1, 0.15) is 12.2 Å². The fourth-order valence-corrected chi connectivity index (χ4v) is 2.88. The van der Waals surface area contributed by atoms with E-state index in [0.29, 0.717) is 16.4 Å². The van der Waals surface area contributed by atoms with E-state index in [-0.39, 0.29) is 17.6 Å². The van der Waals surface area contributed by atoms with Gasteiger partial charge in [0.25, 0.3) is 11.5 Å². The lowest BCUT2D eigenvalue weighted by atomic mass is 10.1. The van der Waals surface area contributed by atoms with Crippen LogP contribution < -0.4 is 10.9 Å². The molecule has 140 valence electrons. The second-order valence-electron chi connectivity index (χ2n) is 6.11. The zero-order valence-electron chi connectivity index (χ0n) is 14.3. The molecular formula is C20H17F3N2O2. The number of hydrogen-bond donors (Lipinski definition) is 1. The van der Waals surface area contributed by atoms with Crippen LogP contribution in [0.1, 0.15) is 16.1 Å². The first-order chi connectivity index (χ1) is 12.8. The van der Waals surface area contributed by atoms with Crippen LogP contribution in [0.2, 0.25) is 0 Å². The quantitative estimate of drug-likeness (QED) is 0.743. The number of amides is 1. The maximum Gasteiger partial charge on any atom is 0.406 e. The molecule has 0 atom stereocenters. The SMILES string of the molecule is O=C(NCCc1ccccc1)c1cc2ccccc2c(=O)n1CC(F)(F)F. The summed E-state index contributed by atoms with van der Waals surface area (Å²) >= 11 is 0. The van der Waals surface area contributed by atoms with Gasteiger partial charge < -0.3 is 5.32 Å². The number of alkyl halides is 3. The lowest BCUT2D eigenvalue weighted by molar-refractivity contribution is -0.141. The number of carbonyl (C=O) groups excluding carboxylic acids is 1. The van der Waals surface area contributed by atoms with Gasteiger partial charge in [0.2, 0.25) is 0 Å². The monoisotopic (exact) mass is 374 g/mol. The smallest absolute Gasteiger partial charge is 0.350 e. The van der Waals surface area contributed by atoms with E-state index in [1.807, 2.05) is 30.3 Å². The van der Waals surface area contributed by atoms with Gasteiger partial charge in [-0.1, -0.05) is 48.5 Å². The molecule has 3 rings (SSSR count). The predicted octanol–water partition coefficient (Wildman–Crippen LogP) is 3.54. The molecule has 2 aromatic carbocycles. The Bertz CT molecular complexity index is 1010. The summed E-state index contributed by atoms with van der Waals surface area (Å²) in [6.45, 7) is -1.27. The summed E-state index contributed by atoms with van der Waals surface area (Å²) in [5, 5.41) is 3.17. The van der Waals surface area contributed by atoms with E-state index in [2.05, 4.69) is 5.32 Å². The van der Waals surface area contributed by atoms with Gasteiger partial charge in [0, 0.05) is 11.9 Å². The maximum absolute atomic E-state index is 12.9. The molecule has 1 amide bonds. The predicted molar refractivity (Wildman–Crippen MR) is 96.7 cm³/mol. The van der Waals surface area contributed by atoms with Gasteiger partial charge in [0.05, 0.1) is 0 Å². The molecule has 4 nitrogen and oxygen atoms in total. The molecule has 0 saturated heterocycles. The molecule has 0 aliphatic rings. The number of carbonyl (C=O) groups is 1. The molecule has 7 heteroatoms. The molecule has 1 N–H and O–H groups in total. The minimum absolute atomic E-state index is 0.141. The normalized spacial score (nSPS) is 11.5. The zero-order chi connectivity index (χ0) is 19.4. The van der Waals surface area contributed by atoms with Crippen LogP contribution in [0.15, 0.2) is 65.5 Å². The summed E-state index contributed by atoms with van der Waals surface area (Å²) in [5.74, 6) is -0.710. The molecular weight excluding hydrogens is 357 g/mol. The summed E-state index contributed by atoms with van der Waals surface area (Å²) in [6.07, 6.45) is -4.09. The molecule has 0 aliphatic heterocycles. The summed E-state index contributed by atoms with van der Waals surface area (Å²) in [6, 6.07) is 17.0. The fraction of sp³-hybridized carbons (Fsp3) is 0.200. The molecule has 0 aliphatic carbocycles. The van der Waals surface area contributed by atoms with Crippen LogP contribution in [0.25, 0.3) is 10.8 Å². The van der Waals surface area contributed by atoms with Crippen molar-refractivity contribution in [3.05, 3.63) is 82.3 Å². The van der Waals surface area contributed by atoms with Crippen molar-refractivity contribution in [2.75, 3.05) is 6.54 Å². The summed E-state index contributed by atoms with van der Waals surface area (Å²) < 4.78 is 39.3. The fourth-order valence-electron chi connectivity index (χ4n) is 2.88. The molecule has 0 radical (unpaired) electrons. The Labute approximate surface area is 153 Å². The lowest BCUT2D eigenvalue weighted by Crippen LogP contribution is -2.36. The minimum atomic E-state index is -4.62. The summed E-state index contributed by atoms with van der Waals surface area (Å²) in [5.41, 5.74) is -0.147. The average Bonchev–Trinajstić information content (AvgIpc) is 2.64. The van der Waals surface area contributed by atoms with Gasteiger partial charge in [-0.25, -0.2) is 0 Å². The van der Waals surface area contributed by atoms with Crippen LogP contribution in [-0.2, 0) is 13.0 Å². The highest BCUT2D eigenvalue weighted by Gasteiger charge is 2.31. The molecule has 0 saturated carbocycles. The van der Waals surface area contributed by atoms with Crippen molar-refractivity contribution in [1.29, 1.82) is 0 Å². The first kappa shape index (κ1) is 18.7. The van der Waals surface area contributed by atoms with Gasteiger partial charge >= 0.3 is 6.18 Å². The summed E-state index contributed by atoms with van der Waals surface area (Å²) in [7, 11) is 0. The Kier molecular flexibility index (Phi) is 5.30. The minimum Gasteiger partial charge on any atom is -0.350 e. The first-order valence-electron chi connectivity index (χ1n) is 8.36. The van der Waals surface area contributed by atoms with Gasteiger partial charge in [-0.2, -0.15) is 13.2 Å². The molecule has 1 heterocycles. The van der Waals surface area contributed by atoms with Crippen LogP contribution in [0.4, 0.5) is 13.2 Å². The third kappa shape index (κ3) is 4.55. The van der Waals surface area contributed by atoms with Crippen molar-refractivity contribution >= 4 is 16.7 Å². The van der Waals surface area contributed by atoms with Gasteiger partial charge in [-0.3, -0.25) is 14.2 Å². The number of aromatic nitrogens is 1. The molecule has 0 spiro atoms. The molecule has 0 fully saturated rings. The maximum atomic E-state index is 12.9. The van der Waals surface area contributed by atoms with Crippen LogP contribution in [-0.4, -0.2) is 23.2 Å². The van der Waals surface area contributed by atoms with E-state index in [0.717, 1.165) is 5.56 Å². The Morgan fingerprint density at radius 1 is 1.00 bits per heavy atom. The Hall–Kier alpha value is -3.09. The number of pyridine rings is 1. The standard InChI is InChI=1S/C20H17F3N2O2/c21-20(22,23)13-25-17(12-15-8-4-5-9-16(15)19(25)27)18(26)24-11-10-14-6-2-1-3-7-14/h1-9,12H,10-11,13H2,(H,24,26). The number of fused-ring (bicyclic) bond motifs is 1. The first-order valence-corrected chi connectivity index (χ1v) is 8.36. The second-order valence-corrected chi connectivity index (χ2v) is 6.11. The largest absolute Gasteiger partial charge is 0.406 e. The number of benzene rings is 2. The number of hydrogen-bond acceptors (Lipinski definition) is 2. The Morgan fingerprint density at radius 2 is 1.67 bits per heavy atom. The van der Waals surface area contributed by atoms with E-state index in [1.54, 1.807) is 18.2 Å². The van der Waals surface area contributed by atoms with Crippen molar-refractivity contribution in [2.45, 2.75) is 19.1 Å². The van der Waals surface area contributed by atoms with Gasteiger partial charge in [0.15, 0.2) is 0 Å². The van der Waals surface area contributed by atoms with E-state index in [1.165, 1.54) is 12.1 Å². The Morgan fingerprint density at radius 3 is 2.37 bits per heavy atom. The summed E-state index contributed by atoms with van der Waals surface area (Å²) in [4.78, 5) is 25.0. The van der Waals surface area contributed by atoms with Gasteiger partial charge in [-0.15, -0.1) is 0 Å². The van der Waals surface area contributed by atoms with Crippen molar-refractivity contribution in [3.8, 4) is 0 Å². The van der Waals surface area contributed by atoms with Crippen LogP contribution in [0.3, 0.4) is 0 Å². The van der Waals surface area contributed by atoms with Crippen molar-refractivity contribution in [2.24, 2.45) is 0 Å². The highest BCUT2D eigenvalue weighted by Crippen LogP contribution is 2.20. The molecule has 1 aromatic heterocycles. The topological polar surface area (TPSA) is 51.1 Å². The molecule has 0 bridgehead atoms. The molecule has 3 aromatic rings. The van der Waals surface area contributed by atoms with E-state index < -0.39 is 24.2 Å². The van der Waals surface area contributed by atoms with Crippen molar-refractivity contribution in [1.82, 2.24) is 9.88 Å². The van der Waals surface area contributed by atoms with Crippen LogP contribution >= 0.6 is 0 Å². The lowest BCUT2D eigenvalue weighted by Gasteiger charge is -2.16. The number of halogens is 3. The average molecular weight is 374 g/mol. The molecule has 27 heavy (non-hydrogen) atoms. The van der Waals surface area contributed by atoms with E-state index >= 15 is 0 Å². The van der Waals surface area contributed by atoms with E-state index in [9.17, 15) is 22.8 Å². The highest BCUT2D eigenvalue weighted by atomic mass is 19.4. The van der Waals surface area contributed by atoms with Crippen molar-refractivity contribution < 1.29 is 18.0 Å². The highest BCUT2D eigenvalue weighted by molar-refractivity contribution is 5.96. The number of nitrogens with one attached hydrogen (secondary N) is 1. The van der Waals surface area contributed by atoms with Crippen LogP contribution in [0.5, 0.6) is 0 Å². The van der Waals surface area contributed by atoms with E-state index in [4.69, 9.17) is 0 Å². The molecule has 0 unspecified atom stereocenters. The van der Waals surface area contributed by atoms with Crippen LogP contribution in [0, 0.1) is 0 Å². The Balaban J connectivity index is 1.90. The number of nitrogens with zero attached hydrogens (tertiary/aromatic N) is 1. The van der Waals surface area contributed by atoms with Crippen molar-refractivity contribution in [3.63, 3.8) is 0 Å². The second kappa shape index (κ2) is 7.65. The zero-order valence-corrected chi connectivity index (χ0v) is 14.3.